The van der Waals surface area contributed by atoms with Gasteiger partial charge in [0.05, 0.1) is 0 Å². The van der Waals surface area contributed by atoms with Gasteiger partial charge in [-0.15, -0.1) is 0 Å². The highest BCUT2D eigenvalue weighted by molar-refractivity contribution is 4.88. The minimum absolute atomic E-state index is 0.437. The molecule has 88 valence electrons. The van der Waals surface area contributed by atoms with Crippen LogP contribution in [-0.4, -0.2) is 54.6 Å². The standard InChI is InChI=1S/C12H25N3/c1-2-14-7-9-15(10-8-14)12-6-4-3-5-11(12)13/h11-12H,2-10,13H2,1H3. The van der Waals surface area contributed by atoms with E-state index in [1.807, 2.05) is 0 Å². The van der Waals surface area contributed by atoms with Crippen LogP contribution in [0.3, 0.4) is 0 Å². The first-order valence-electron chi connectivity index (χ1n) is 6.53. The summed E-state index contributed by atoms with van der Waals surface area (Å²) < 4.78 is 0. The van der Waals surface area contributed by atoms with Crippen molar-refractivity contribution in [3.63, 3.8) is 0 Å². The first-order valence-corrected chi connectivity index (χ1v) is 6.53. The Balaban J connectivity index is 1.83. The number of rotatable bonds is 2. The number of nitrogens with two attached hydrogens (primary N) is 1. The summed E-state index contributed by atoms with van der Waals surface area (Å²) >= 11 is 0. The van der Waals surface area contributed by atoms with Crippen molar-refractivity contribution in [3.05, 3.63) is 0 Å². The molecule has 2 rings (SSSR count). The Labute approximate surface area is 93.6 Å². The van der Waals surface area contributed by atoms with E-state index < -0.39 is 0 Å². The fourth-order valence-corrected chi connectivity index (χ4v) is 3.00. The van der Waals surface area contributed by atoms with E-state index in [0.29, 0.717) is 12.1 Å². The summed E-state index contributed by atoms with van der Waals surface area (Å²) in [5.41, 5.74) is 6.22. The van der Waals surface area contributed by atoms with Gasteiger partial charge in [0, 0.05) is 38.3 Å². The largest absolute Gasteiger partial charge is 0.326 e. The Kier molecular flexibility index (Phi) is 4.00. The van der Waals surface area contributed by atoms with E-state index in [2.05, 4.69) is 16.7 Å². The molecule has 0 aromatic carbocycles. The lowest BCUT2D eigenvalue weighted by Gasteiger charge is -2.43. The predicted molar refractivity (Wildman–Crippen MR) is 63.9 cm³/mol. The van der Waals surface area contributed by atoms with Crippen LogP contribution in [0.15, 0.2) is 0 Å². The second kappa shape index (κ2) is 5.28. The molecule has 2 atom stereocenters. The van der Waals surface area contributed by atoms with Crippen molar-refractivity contribution in [2.45, 2.75) is 44.7 Å². The predicted octanol–water partition coefficient (Wildman–Crippen LogP) is 0.894. The molecule has 0 bridgehead atoms. The van der Waals surface area contributed by atoms with Gasteiger partial charge in [-0.1, -0.05) is 19.8 Å². The van der Waals surface area contributed by atoms with Gasteiger partial charge in [-0.25, -0.2) is 0 Å². The molecule has 0 amide bonds. The third-order valence-corrected chi connectivity index (χ3v) is 4.10. The maximum absolute atomic E-state index is 6.22. The first-order chi connectivity index (χ1) is 7.31. The molecular formula is C12H25N3. The normalized spacial score (nSPS) is 35.6. The van der Waals surface area contributed by atoms with Crippen LogP contribution in [0.1, 0.15) is 32.6 Å². The molecule has 1 saturated heterocycles. The fraction of sp³-hybridized carbons (Fsp3) is 1.00. The van der Waals surface area contributed by atoms with Crippen molar-refractivity contribution in [1.29, 1.82) is 0 Å². The van der Waals surface area contributed by atoms with Crippen molar-refractivity contribution in [2.24, 2.45) is 5.73 Å². The molecule has 0 spiro atoms. The van der Waals surface area contributed by atoms with Gasteiger partial charge in [0.2, 0.25) is 0 Å². The quantitative estimate of drug-likeness (QED) is 0.736. The lowest BCUT2D eigenvalue weighted by molar-refractivity contribution is 0.0719. The zero-order valence-electron chi connectivity index (χ0n) is 9.99. The highest BCUT2D eigenvalue weighted by Gasteiger charge is 2.29. The molecule has 1 saturated carbocycles. The molecule has 1 aliphatic carbocycles. The molecule has 2 fully saturated rings. The Morgan fingerprint density at radius 3 is 2.33 bits per heavy atom. The summed E-state index contributed by atoms with van der Waals surface area (Å²) in [5.74, 6) is 0. The molecule has 2 unspecified atom stereocenters. The van der Waals surface area contributed by atoms with E-state index in [4.69, 9.17) is 5.73 Å². The molecule has 0 aromatic rings. The maximum atomic E-state index is 6.22. The Bertz CT molecular complexity index is 187. The van der Waals surface area contributed by atoms with Crippen LogP contribution >= 0.6 is 0 Å². The molecule has 1 heterocycles. The lowest BCUT2D eigenvalue weighted by atomic mass is 9.89. The van der Waals surface area contributed by atoms with Crippen LogP contribution in [0.25, 0.3) is 0 Å². The topological polar surface area (TPSA) is 32.5 Å². The molecule has 0 radical (unpaired) electrons. The van der Waals surface area contributed by atoms with Crippen LogP contribution < -0.4 is 5.73 Å². The van der Waals surface area contributed by atoms with Crippen molar-refractivity contribution in [2.75, 3.05) is 32.7 Å². The molecule has 0 aromatic heterocycles. The van der Waals surface area contributed by atoms with E-state index in [0.717, 1.165) is 0 Å². The molecule has 15 heavy (non-hydrogen) atoms. The van der Waals surface area contributed by atoms with Gasteiger partial charge in [-0.3, -0.25) is 4.90 Å². The van der Waals surface area contributed by atoms with Crippen LogP contribution in [0, 0.1) is 0 Å². The van der Waals surface area contributed by atoms with Gasteiger partial charge < -0.3 is 10.6 Å². The van der Waals surface area contributed by atoms with Crippen LogP contribution in [0.2, 0.25) is 0 Å². The van der Waals surface area contributed by atoms with Crippen LogP contribution in [-0.2, 0) is 0 Å². The zero-order chi connectivity index (χ0) is 10.7. The van der Waals surface area contributed by atoms with E-state index in [1.165, 1.54) is 58.4 Å². The van der Waals surface area contributed by atoms with E-state index in [1.54, 1.807) is 0 Å². The second-order valence-electron chi connectivity index (χ2n) is 4.99. The third-order valence-electron chi connectivity index (χ3n) is 4.10. The number of likely N-dealkylation sites (N-methyl/N-ethyl adjacent to an activating group) is 1. The van der Waals surface area contributed by atoms with E-state index in [9.17, 15) is 0 Å². The Morgan fingerprint density at radius 1 is 1.07 bits per heavy atom. The summed E-state index contributed by atoms with van der Waals surface area (Å²) in [7, 11) is 0. The number of hydrogen-bond donors (Lipinski definition) is 1. The highest BCUT2D eigenvalue weighted by atomic mass is 15.3. The molecule has 3 heteroatoms. The van der Waals surface area contributed by atoms with Gasteiger partial charge in [0.15, 0.2) is 0 Å². The third kappa shape index (κ3) is 2.71. The molecule has 1 aliphatic heterocycles. The van der Waals surface area contributed by atoms with Crippen molar-refractivity contribution < 1.29 is 0 Å². The number of hydrogen-bond acceptors (Lipinski definition) is 3. The van der Waals surface area contributed by atoms with Crippen molar-refractivity contribution >= 4 is 0 Å². The molecule has 3 nitrogen and oxygen atoms in total. The van der Waals surface area contributed by atoms with E-state index >= 15 is 0 Å². The van der Waals surface area contributed by atoms with Gasteiger partial charge in [0.25, 0.3) is 0 Å². The first kappa shape index (κ1) is 11.4. The summed E-state index contributed by atoms with van der Waals surface area (Å²) in [5, 5.41) is 0. The monoisotopic (exact) mass is 211 g/mol. The minimum Gasteiger partial charge on any atom is -0.326 e. The number of piperazine rings is 1. The van der Waals surface area contributed by atoms with Crippen LogP contribution in [0.5, 0.6) is 0 Å². The van der Waals surface area contributed by atoms with E-state index in [-0.39, 0.29) is 0 Å². The lowest BCUT2D eigenvalue weighted by Crippen LogP contribution is -2.56. The maximum Gasteiger partial charge on any atom is 0.0248 e. The minimum atomic E-state index is 0.437. The van der Waals surface area contributed by atoms with Gasteiger partial charge >= 0.3 is 0 Å². The Morgan fingerprint density at radius 2 is 1.73 bits per heavy atom. The average Bonchev–Trinajstić information content (AvgIpc) is 2.30. The summed E-state index contributed by atoms with van der Waals surface area (Å²) in [6.07, 6.45) is 5.28. The molecule has 2 aliphatic rings. The zero-order valence-corrected chi connectivity index (χ0v) is 9.99. The van der Waals surface area contributed by atoms with Crippen LogP contribution in [0.4, 0.5) is 0 Å². The number of nitrogens with zero attached hydrogens (tertiary/aromatic N) is 2. The van der Waals surface area contributed by atoms with Crippen molar-refractivity contribution in [1.82, 2.24) is 9.80 Å². The SMILES string of the molecule is CCN1CCN(C2CCCCC2N)CC1. The van der Waals surface area contributed by atoms with Gasteiger partial charge in [-0.05, 0) is 19.4 Å². The second-order valence-corrected chi connectivity index (χ2v) is 4.99. The highest BCUT2D eigenvalue weighted by Crippen LogP contribution is 2.22. The molecule has 2 N–H and O–H groups in total. The summed E-state index contributed by atoms with van der Waals surface area (Å²) in [6.45, 7) is 8.38. The van der Waals surface area contributed by atoms with Gasteiger partial charge in [-0.2, -0.15) is 0 Å². The average molecular weight is 211 g/mol. The van der Waals surface area contributed by atoms with Crippen molar-refractivity contribution in [3.8, 4) is 0 Å². The fourth-order valence-electron chi connectivity index (χ4n) is 3.00. The summed E-state index contributed by atoms with van der Waals surface area (Å²) in [6, 6.07) is 1.12. The summed E-state index contributed by atoms with van der Waals surface area (Å²) in [4.78, 5) is 5.17. The van der Waals surface area contributed by atoms with Gasteiger partial charge in [0.1, 0.15) is 0 Å². The molecular weight excluding hydrogens is 186 g/mol. The Hall–Kier alpha value is -0.120. The smallest absolute Gasteiger partial charge is 0.0248 e.